The molecule has 0 N–H and O–H groups in total. The van der Waals surface area contributed by atoms with Gasteiger partial charge in [0.1, 0.15) is 11.6 Å². The molecule has 5 nitrogen and oxygen atoms in total. The molecule has 96 valence electrons. The second-order valence-corrected chi connectivity index (χ2v) is 4.53. The number of aromatic nitrogens is 2. The third-order valence-corrected chi connectivity index (χ3v) is 3.19. The summed E-state index contributed by atoms with van der Waals surface area (Å²) in [5.41, 5.74) is 1.84. The molecule has 1 aliphatic heterocycles. The Morgan fingerprint density at radius 2 is 1.95 bits per heavy atom. The quantitative estimate of drug-likeness (QED) is 0.785. The lowest BCUT2D eigenvalue weighted by molar-refractivity contribution is 0.251. The van der Waals surface area contributed by atoms with Gasteiger partial charge in [0.25, 0.3) is 0 Å². The topological polar surface area (TPSA) is 49.3 Å². The minimum atomic E-state index is -0.0724. The SMILES string of the molecule is Cc1ncc2c(n1)N(C)C(=O)N(c1ccccc1)C2. The van der Waals surface area contributed by atoms with Crippen molar-refractivity contribution in [3.8, 4) is 0 Å². The molecule has 0 spiro atoms. The molecule has 0 aliphatic carbocycles. The molecule has 1 aromatic heterocycles. The molecule has 2 aromatic rings. The van der Waals surface area contributed by atoms with E-state index in [0.717, 1.165) is 11.3 Å². The van der Waals surface area contributed by atoms with Crippen molar-refractivity contribution in [3.63, 3.8) is 0 Å². The number of hydrogen-bond donors (Lipinski definition) is 0. The van der Waals surface area contributed by atoms with Crippen molar-refractivity contribution in [1.29, 1.82) is 0 Å². The van der Waals surface area contributed by atoms with Crippen LogP contribution >= 0.6 is 0 Å². The monoisotopic (exact) mass is 254 g/mol. The summed E-state index contributed by atoms with van der Waals surface area (Å²) in [5, 5.41) is 0. The molecule has 2 amide bonds. The summed E-state index contributed by atoms with van der Waals surface area (Å²) in [6.45, 7) is 2.32. The van der Waals surface area contributed by atoms with Crippen molar-refractivity contribution >= 4 is 17.5 Å². The van der Waals surface area contributed by atoms with Gasteiger partial charge in [-0.3, -0.25) is 9.80 Å². The highest BCUT2D eigenvalue weighted by Crippen LogP contribution is 2.28. The molecule has 19 heavy (non-hydrogen) atoms. The minimum Gasteiger partial charge on any atom is -0.289 e. The Labute approximate surface area is 111 Å². The molecule has 2 heterocycles. The fraction of sp³-hybridized carbons (Fsp3) is 0.214. The predicted molar refractivity (Wildman–Crippen MR) is 73.2 cm³/mol. The van der Waals surface area contributed by atoms with E-state index < -0.39 is 0 Å². The van der Waals surface area contributed by atoms with E-state index >= 15 is 0 Å². The molecular formula is C14H14N4O. The van der Waals surface area contributed by atoms with Crippen molar-refractivity contribution < 1.29 is 4.79 Å². The number of benzene rings is 1. The van der Waals surface area contributed by atoms with Crippen LogP contribution in [0.5, 0.6) is 0 Å². The van der Waals surface area contributed by atoms with Gasteiger partial charge in [-0.1, -0.05) is 18.2 Å². The van der Waals surface area contributed by atoms with Gasteiger partial charge in [-0.05, 0) is 19.1 Å². The molecule has 1 aromatic carbocycles. The van der Waals surface area contributed by atoms with E-state index in [2.05, 4.69) is 9.97 Å². The second kappa shape index (κ2) is 4.35. The number of rotatable bonds is 1. The van der Waals surface area contributed by atoms with Crippen LogP contribution in [0.3, 0.4) is 0 Å². The van der Waals surface area contributed by atoms with Crippen molar-refractivity contribution in [2.45, 2.75) is 13.5 Å². The second-order valence-electron chi connectivity index (χ2n) is 4.53. The van der Waals surface area contributed by atoms with Gasteiger partial charge < -0.3 is 0 Å². The van der Waals surface area contributed by atoms with Crippen LogP contribution in [-0.4, -0.2) is 23.0 Å². The molecule has 0 saturated heterocycles. The summed E-state index contributed by atoms with van der Waals surface area (Å²) in [4.78, 5) is 24.2. The van der Waals surface area contributed by atoms with Crippen molar-refractivity contribution in [1.82, 2.24) is 9.97 Å². The van der Waals surface area contributed by atoms with Crippen LogP contribution < -0.4 is 9.80 Å². The summed E-state index contributed by atoms with van der Waals surface area (Å²) < 4.78 is 0. The van der Waals surface area contributed by atoms with Crippen LogP contribution in [0.25, 0.3) is 0 Å². The first kappa shape index (κ1) is 11.6. The average Bonchev–Trinajstić information content (AvgIpc) is 2.44. The fourth-order valence-corrected chi connectivity index (χ4v) is 2.20. The third kappa shape index (κ3) is 1.93. The van der Waals surface area contributed by atoms with Crippen LogP contribution in [0, 0.1) is 6.92 Å². The molecule has 0 atom stereocenters. The molecule has 5 heteroatoms. The molecule has 0 fully saturated rings. The van der Waals surface area contributed by atoms with Crippen molar-refractivity contribution in [2.24, 2.45) is 0 Å². The number of aryl methyl sites for hydroxylation is 1. The van der Waals surface area contributed by atoms with Gasteiger partial charge in [0.2, 0.25) is 0 Å². The first-order valence-electron chi connectivity index (χ1n) is 6.09. The van der Waals surface area contributed by atoms with Crippen LogP contribution in [-0.2, 0) is 6.54 Å². The number of anilines is 2. The smallest absolute Gasteiger partial charge is 0.289 e. The Morgan fingerprint density at radius 1 is 1.21 bits per heavy atom. The first-order chi connectivity index (χ1) is 9.16. The fourth-order valence-electron chi connectivity index (χ4n) is 2.20. The number of fused-ring (bicyclic) bond motifs is 1. The highest BCUT2D eigenvalue weighted by molar-refractivity contribution is 6.04. The van der Waals surface area contributed by atoms with E-state index in [1.807, 2.05) is 37.3 Å². The highest BCUT2D eigenvalue weighted by Gasteiger charge is 2.30. The molecule has 3 rings (SSSR count). The van der Waals surface area contributed by atoms with Gasteiger partial charge in [-0.25, -0.2) is 14.8 Å². The van der Waals surface area contributed by atoms with E-state index in [0.29, 0.717) is 18.2 Å². The van der Waals surface area contributed by atoms with Crippen molar-refractivity contribution in [3.05, 3.63) is 47.9 Å². The Balaban J connectivity index is 2.04. The maximum Gasteiger partial charge on any atom is 0.330 e. The molecule has 0 saturated carbocycles. The summed E-state index contributed by atoms with van der Waals surface area (Å²) in [6.07, 6.45) is 1.79. The lowest BCUT2D eigenvalue weighted by Crippen LogP contribution is -2.46. The number of urea groups is 1. The standard InChI is InChI=1S/C14H14N4O/c1-10-15-8-11-9-18(12-6-4-3-5-7-12)14(19)17(2)13(11)16-10/h3-8H,9H2,1-2H3. The van der Waals surface area contributed by atoms with Gasteiger partial charge >= 0.3 is 6.03 Å². The van der Waals surface area contributed by atoms with Crippen LogP contribution in [0.15, 0.2) is 36.5 Å². The zero-order valence-electron chi connectivity index (χ0n) is 10.9. The molecular weight excluding hydrogens is 240 g/mol. The zero-order valence-corrected chi connectivity index (χ0v) is 10.9. The lowest BCUT2D eigenvalue weighted by atomic mass is 10.2. The highest BCUT2D eigenvalue weighted by atomic mass is 16.2. The van der Waals surface area contributed by atoms with Gasteiger partial charge in [-0.15, -0.1) is 0 Å². The van der Waals surface area contributed by atoms with E-state index in [4.69, 9.17) is 0 Å². The summed E-state index contributed by atoms with van der Waals surface area (Å²) in [6, 6.07) is 9.55. The Morgan fingerprint density at radius 3 is 2.68 bits per heavy atom. The van der Waals surface area contributed by atoms with E-state index in [1.54, 1.807) is 23.0 Å². The average molecular weight is 254 g/mol. The van der Waals surface area contributed by atoms with Crippen molar-refractivity contribution in [2.75, 3.05) is 16.8 Å². The minimum absolute atomic E-state index is 0.0724. The van der Waals surface area contributed by atoms with E-state index in [1.165, 1.54) is 0 Å². The van der Waals surface area contributed by atoms with E-state index in [9.17, 15) is 4.79 Å². The maximum atomic E-state index is 12.4. The maximum absolute atomic E-state index is 12.4. The van der Waals surface area contributed by atoms with Gasteiger partial charge in [-0.2, -0.15) is 0 Å². The van der Waals surface area contributed by atoms with Crippen LogP contribution in [0.1, 0.15) is 11.4 Å². The number of carbonyl (C=O) groups excluding carboxylic acids is 1. The predicted octanol–water partition coefficient (Wildman–Crippen LogP) is 2.36. The Bertz CT molecular complexity index is 627. The number of carbonyl (C=O) groups is 1. The van der Waals surface area contributed by atoms with Gasteiger partial charge in [0.05, 0.1) is 6.54 Å². The number of amides is 2. The first-order valence-corrected chi connectivity index (χ1v) is 6.09. The van der Waals surface area contributed by atoms with Gasteiger partial charge in [0.15, 0.2) is 0 Å². The Hall–Kier alpha value is -2.43. The lowest BCUT2D eigenvalue weighted by Gasteiger charge is -2.33. The number of hydrogen-bond acceptors (Lipinski definition) is 3. The molecule has 1 aliphatic rings. The number of para-hydroxylation sites is 1. The summed E-state index contributed by atoms with van der Waals surface area (Å²) in [5.74, 6) is 1.37. The summed E-state index contributed by atoms with van der Waals surface area (Å²) >= 11 is 0. The molecule has 0 unspecified atom stereocenters. The zero-order chi connectivity index (χ0) is 13.4. The summed E-state index contributed by atoms with van der Waals surface area (Å²) in [7, 11) is 1.74. The largest absolute Gasteiger partial charge is 0.330 e. The Kier molecular flexibility index (Phi) is 2.67. The van der Waals surface area contributed by atoms with Crippen LogP contribution in [0.2, 0.25) is 0 Å². The third-order valence-electron chi connectivity index (χ3n) is 3.19. The normalized spacial score (nSPS) is 14.5. The van der Waals surface area contributed by atoms with E-state index in [-0.39, 0.29) is 6.03 Å². The molecule has 0 bridgehead atoms. The molecule has 0 radical (unpaired) electrons. The van der Waals surface area contributed by atoms with Crippen LogP contribution in [0.4, 0.5) is 16.3 Å². The van der Waals surface area contributed by atoms with Gasteiger partial charge in [0, 0.05) is 24.5 Å². The number of nitrogens with zero attached hydrogens (tertiary/aromatic N) is 4.